The lowest BCUT2D eigenvalue weighted by molar-refractivity contribution is -0.161. The molecule has 3 atom stereocenters. The molecule has 0 rings (SSSR count). The number of unbranched alkanes of at least 4 members (excludes halogenated alkanes) is 19. The highest BCUT2D eigenvalue weighted by Gasteiger charge is 2.27. The molecule has 0 aromatic carbocycles. The molecule has 0 saturated carbocycles. The van der Waals surface area contributed by atoms with Gasteiger partial charge in [-0.05, 0) is 51.4 Å². The van der Waals surface area contributed by atoms with Crippen molar-refractivity contribution in [3.8, 4) is 0 Å². The number of carbonyl (C=O) groups excluding carboxylic acids is 2. The van der Waals surface area contributed by atoms with Crippen LogP contribution in [-0.2, 0) is 32.7 Å². The minimum Gasteiger partial charge on any atom is -0.462 e. The molecular formula is C42H77O10P. The number of hydrogen-bond donors (Lipinski definition) is 3. The molecule has 0 heterocycles. The predicted molar refractivity (Wildman–Crippen MR) is 214 cm³/mol. The molecule has 0 bridgehead atoms. The van der Waals surface area contributed by atoms with Gasteiger partial charge in [0, 0.05) is 12.8 Å². The van der Waals surface area contributed by atoms with Gasteiger partial charge in [-0.3, -0.25) is 18.6 Å². The van der Waals surface area contributed by atoms with Gasteiger partial charge in [-0.2, -0.15) is 0 Å². The van der Waals surface area contributed by atoms with Crippen LogP contribution in [0.3, 0.4) is 0 Å². The van der Waals surface area contributed by atoms with Crippen LogP contribution in [0.4, 0.5) is 0 Å². The Kier molecular flexibility index (Phi) is 37.2. The molecule has 10 nitrogen and oxygen atoms in total. The number of ether oxygens (including phenoxy) is 2. The summed E-state index contributed by atoms with van der Waals surface area (Å²) in [5.74, 6) is -0.938. The fourth-order valence-electron chi connectivity index (χ4n) is 5.53. The largest absolute Gasteiger partial charge is 0.472 e. The predicted octanol–water partition coefficient (Wildman–Crippen LogP) is 10.8. The zero-order chi connectivity index (χ0) is 39.1. The highest BCUT2D eigenvalue weighted by Crippen LogP contribution is 2.43. The summed E-state index contributed by atoms with van der Waals surface area (Å²) >= 11 is 0. The zero-order valence-electron chi connectivity index (χ0n) is 33.5. The maximum atomic E-state index is 12.6. The van der Waals surface area contributed by atoms with Crippen molar-refractivity contribution in [2.24, 2.45) is 0 Å². The number of rotatable bonds is 39. The summed E-state index contributed by atoms with van der Waals surface area (Å²) in [4.78, 5) is 34.9. The Balaban J connectivity index is 4.32. The Morgan fingerprint density at radius 3 is 1.51 bits per heavy atom. The third-order valence-electron chi connectivity index (χ3n) is 8.80. The summed E-state index contributed by atoms with van der Waals surface area (Å²) < 4.78 is 32.6. The van der Waals surface area contributed by atoms with Crippen LogP contribution in [0.1, 0.15) is 181 Å². The highest BCUT2D eigenvalue weighted by atomic mass is 31.2. The number of phosphoric acid groups is 1. The van der Waals surface area contributed by atoms with E-state index in [4.69, 9.17) is 19.1 Å². The van der Waals surface area contributed by atoms with Crippen LogP contribution in [-0.4, -0.2) is 65.7 Å². The average molecular weight is 773 g/mol. The van der Waals surface area contributed by atoms with E-state index < -0.39 is 51.8 Å². The highest BCUT2D eigenvalue weighted by molar-refractivity contribution is 7.47. The fourth-order valence-corrected chi connectivity index (χ4v) is 6.32. The Bertz CT molecular complexity index is 983. The zero-order valence-corrected chi connectivity index (χ0v) is 34.4. The van der Waals surface area contributed by atoms with Crippen molar-refractivity contribution in [2.75, 3.05) is 26.4 Å². The van der Waals surface area contributed by atoms with E-state index in [1.807, 2.05) is 0 Å². The van der Waals surface area contributed by atoms with E-state index in [0.717, 1.165) is 70.6 Å². The molecule has 0 spiro atoms. The molecule has 0 aliphatic carbocycles. The number of allylic oxidation sites excluding steroid dienone is 6. The van der Waals surface area contributed by atoms with Gasteiger partial charge in [0.05, 0.1) is 19.8 Å². The van der Waals surface area contributed by atoms with Gasteiger partial charge in [0.2, 0.25) is 0 Å². The minimum absolute atomic E-state index is 0.171. The van der Waals surface area contributed by atoms with Crippen LogP contribution < -0.4 is 0 Å². The van der Waals surface area contributed by atoms with E-state index in [9.17, 15) is 24.2 Å². The molecule has 310 valence electrons. The van der Waals surface area contributed by atoms with Crippen molar-refractivity contribution in [3.63, 3.8) is 0 Å². The molecule has 0 saturated heterocycles. The van der Waals surface area contributed by atoms with Gasteiger partial charge in [-0.15, -0.1) is 0 Å². The van der Waals surface area contributed by atoms with Crippen molar-refractivity contribution >= 4 is 19.8 Å². The van der Waals surface area contributed by atoms with Gasteiger partial charge in [0.15, 0.2) is 6.10 Å². The first-order chi connectivity index (χ1) is 25.7. The molecular weight excluding hydrogens is 695 g/mol. The van der Waals surface area contributed by atoms with Crippen molar-refractivity contribution < 1.29 is 47.8 Å². The molecule has 0 aliphatic rings. The SMILES string of the molecule is CCCCC/C=C\C/C=C\C/C=C\CCCCCCCCC(=O)OC(COC(=O)CCCCCCCCCCCCC)COP(=O)(O)OCC(O)CO. The van der Waals surface area contributed by atoms with E-state index in [2.05, 4.69) is 54.8 Å². The molecule has 0 aliphatic heterocycles. The third-order valence-corrected chi connectivity index (χ3v) is 9.75. The Labute approximate surface area is 322 Å². The van der Waals surface area contributed by atoms with Crippen molar-refractivity contribution in [2.45, 2.75) is 193 Å². The van der Waals surface area contributed by atoms with Crippen LogP contribution in [0.5, 0.6) is 0 Å². The second-order valence-electron chi connectivity index (χ2n) is 14.0. The molecule has 0 aromatic rings. The van der Waals surface area contributed by atoms with Crippen LogP contribution >= 0.6 is 7.82 Å². The standard InChI is InChI=1S/C42H77O10P/c1-3-5-7-9-11-13-15-16-17-18-19-20-21-22-24-26-28-30-32-34-42(46)52-40(38-51-53(47,48)50-36-39(44)35-43)37-49-41(45)33-31-29-27-25-23-14-12-10-8-6-4-2/h11,13,16-17,19-20,39-40,43-44H,3-10,12,14-15,18,21-38H2,1-2H3,(H,47,48)/b13-11-,17-16-,20-19-. The summed E-state index contributed by atoms with van der Waals surface area (Å²) in [5.41, 5.74) is 0. The maximum Gasteiger partial charge on any atom is 0.472 e. The monoisotopic (exact) mass is 773 g/mol. The number of carbonyl (C=O) groups is 2. The fraction of sp³-hybridized carbons (Fsp3) is 0.810. The van der Waals surface area contributed by atoms with E-state index in [1.165, 1.54) is 70.6 Å². The summed E-state index contributed by atoms with van der Waals surface area (Å²) in [6.07, 6.45) is 38.2. The van der Waals surface area contributed by atoms with Gasteiger partial charge < -0.3 is 24.6 Å². The number of hydrogen-bond acceptors (Lipinski definition) is 9. The van der Waals surface area contributed by atoms with E-state index in [-0.39, 0.29) is 19.4 Å². The molecule has 53 heavy (non-hydrogen) atoms. The normalized spacial score (nSPS) is 14.3. The summed E-state index contributed by atoms with van der Waals surface area (Å²) in [6, 6.07) is 0. The topological polar surface area (TPSA) is 149 Å². The van der Waals surface area contributed by atoms with Crippen molar-refractivity contribution in [1.82, 2.24) is 0 Å². The quantitative estimate of drug-likeness (QED) is 0.0238. The number of phosphoric ester groups is 1. The smallest absolute Gasteiger partial charge is 0.462 e. The van der Waals surface area contributed by atoms with E-state index in [0.29, 0.717) is 12.8 Å². The minimum atomic E-state index is -4.62. The van der Waals surface area contributed by atoms with Gasteiger partial charge in [-0.25, -0.2) is 4.57 Å². The van der Waals surface area contributed by atoms with Gasteiger partial charge in [0.25, 0.3) is 0 Å². The van der Waals surface area contributed by atoms with E-state index >= 15 is 0 Å². The lowest BCUT2D eigenvalue weighted by Crippen LogP contribution is -2.29. The summed E-state index contributed by atoms with van der Waals surface area (Å²) in [6.45, 7) is 2.33. The van der Waals surface area contributed by atoms with Gasteiger partial charge in [0.1, 0.15) is 12.7 Å². The molecule has 3 N–H and O–H groups in total. The lowest BCUT2D eigenvalue weighted by atomic mass is 10.1. The Morgan fingerprint density at radius 1 is 0.566 bits per heavy atom. The van der Waals surface area contributed by atoms with Crippen molar-refractivity contribution in [3.05, 3.63) is 36.5 Å². The van der Waals surface area contributed by atoms with Crippen LogP contribution in [0.25, 0.3) is 0 Å². The first-order valence-corrected chi connectivity index (χ1v) is 22.4. The van der Waals surface area contributed by atoms with Crippen LogP contribution in [0.15, 0.2) is 36.5 Å². The molecule has 0 radical (unpaired) electrons. The lowest BCUT2D eigenvalue weighted by Gasteiger charge is -2.20. The van der Waals surface area contributed by atoms with E-state index in [1.54, 1.807) is 0 Å². The number of esters is 2. The number of aliphatic hydroxyl groups excluding tert-OH is 2. The Morgan fingerprint density at radius 2 is 0.981 bits per heavy atom. The third kappa shape index (κ3) is 38.3. The molecule has 3 unspecified atom stereocenters. The van der Waals surface area contributed by atoms with Gasteiger partial charge in [-0.1, -0.05) is 153 Å². The first kappa shape index (κ1) is 51.2. The number of aliphatic hydroxyl groups is 2. The second kappa shape index (κ2) is 38.5. The van der Waals surface area contributed by atoms with Crippen LogP contribution in [0.2, 0.25) is 0 Å². The van der Waals surface area contributed by atoms with Crippen molar-refractivity contribution in [1.29, 1.82) is 0 Å². The maximum absolute atomic E-state index is 12.6. The molecule has 0 fully saturated rings. The molecule has 11 heteroatoms. The first-order valence-electron chi connectivity index (χ1n) is 20.9. The molecule has 0 aromatic heterocycles. The average Bonchev–Trinajstić information content (AvgIpc) is 3.14. The van der Waals surface area contributed by atoms with Crippen LogP contribution in [0, 0.1) is 0 Å². The summed E-state index contributed by atoms with van der Waals surface area (Å²) in [7, 11) is -4.62. The Hall–Kier alpha value is -1.81. The second-order valence-corrected chi connectivity index (χ2v) is 15.5. The summed E-state index contributed by atoms with van der Waals surface area (Å²) in [5, 5.41) is 18.3. The molecule has 0 amide bonds. The van der Waals surface area contributed by atoms with Gasteiger partial charge >= 0.3 is 19.8 Å².